The standard InChI is InChI=1S/C77H150O17P2/c1-6-9-12-15-18-21-23-25-26-27-28-29-30-31-34-39-43-48-53-58-63-77(82)94-73(67-88-75(80)61-56-51-46-41-38-35-32-33-36-40-44-49-54-59-70(4)5)69-92-96(85,86)90-65-71(78)64-89-95(83,84)91-68-72(66-87-74(79)60-55-50-45-20-17-14-11-8-3)93-76(81)62-57-52-47-42-37-24-22-19-16-13-10-7-2/h70-73,78H,6-69H2,1-5H3,(H,83,84)(H,85,86)/t71-,72+,73+/m0/s1. The van der Waals surface area contributed by atoms with Gasteiger partial charge in [-0.2, -0.15) is 0 Å². The molecule has 0 fully saturated rings. The van der Waals surface area contributed by atoms with Gasteiger partial charge in [-0.25, -0.2) is 9.13 Å². The first kappa shape index (κ1) is 94.1. The van der Waals surface area contributed by atoms with E-state index in [1.807, 2.05) is 0 Å². The lowest BCUT2D eigenvalue weighted by Gasteiger charge is -2.21. The number of phosphoric acid groups is 2. The Morgan fingerprint density at radius 2 is 0.479 bits per heavy atom. The second-order valence-corrected chi connectivity index (χ2v) is 31.1. The monoisotopic (exact) mass is 1410 g/mol. The van der Waals surface area contributed by atoms with Gasteiger partial charge in [0.1, 0.15) is 19.3 Å². The third kappa shape index (κ3) is 70.5. The molecule has 0 aliphatic heterocycles. The van der Waals surface area contributed by atoms with Gasteiger partial charge in [0.05, 0.1) is 26.4 Å². The number of hydrogen-bond donors (Lipinski definition) is 3. The van der Waals surface area contributed by atoms with Crippen LogP contribution in [0.25, 0.3) is 0 Å². The van der Waals surface area contributed by atoms with E-state index < -0.39 is 97.5 Å². The lowest BCUT2D eigenvalue weighted by molar-refractivity contribution is -0.161. The first-order valence-electron chi connectivity index (χ1n) is 40.1. The highest BCUT2D eigenvalue weighted by atomic mass is 31.2. The molecule has 2 unspecified atom stereocenters. The first-order chi connectivity index (χ1) is 46.5. The smallest absolute Gasteiger partial charge is 0.462 e. The molecule has 0 aliphatic carbocycles. The predicted molar refractivity (Wildman–Crippen MR) is 391 cm³/mol. The highest BCUT2D eigenvalue weighted by molar-refractivity contribution is 7.47. The van der Waals surface area contributed by atoms with Crippen molar-refractivity contribution in [2.24, 2.45) is 5.92 Å². The molecule has 17 nitrogen and oxygen atoms in total. The molecule has 0 saturated carbocycles. The predicted octanol–water partition coefficient (Wildman–Crippen LogP) is 22.9. The Bertz CT molecular complexity index is 1840. The van der Waals surface area contributed by atoms with Crippen LogP contribution in [-0.4, -0.2) is 96.7 Å². The van der Waals surface area contributed by atoms with Gasteiger partial charge in [0.15, 0.2) is 12.2 Å². The average molecular weight is 1410 g/mol. The normalized spacial score (nSPS) is 13.9. The number of aliphatic hydroxyl groups excluding tert-OH is 1. The number of aliphatic hydroxyl groups is 1. The van der Waals surface area contributed by atoms with Crippen LogP contribution in [0.15, 0.2) is 0 Å². The third-order valence-corrected chi connectivity index (χ3v) is 19.9. The van der Waals surface area contributed by atoms with E-state index in [0.717, 1.165) is 102 Å². The molecule has 5 atom stereocenters. The Morgan fingerprint density at radius 1 is 0.281 bits per heavy atom. The van der Waals surface area contributed by atoms with Crippen molar-refractivity contribution in [3.05, 3.63) is 0 Å². The Morgan fingerprint density at radius 3 is 0.708 bits per heavy atom. The van der Waals surface area contributed by atoms with Crippen LogP contribution in [0.4, 0.5) is 0 Å². The van der Waals surface area contributed by atoms with Gasteiger partial charge in [-0.05, 0) is 31.6 Å². The Kier molecular flexibility index (Phi) is 68.7. The fraction of sp³-hybridized carbons (Fsp3) is 0.948. The molecule has 0 saturated heterocycles. The molecule has 19 heteroatoms. The number of unbranched alkanes of at least 4 members (excludes halogenated alkanes) is 49. The summed E-state index contributed by atoms with van der Waals surface area (Å²) >= 11 is 0. The molecule has 0 aliphatic rings. The molecule has 0 heterocycles. The molecule has 570 valence electrons. The zero-order valence-electron chi connectivity index (χ0n) is 62.5. The van der Waals surface area contributed by atoms with Crippen LogP contribution in [0.3, 0.4) is 0 Å². The summed E-state index contributed by atoms with van der Waals surface area (Å²) in [5.41, 5.74) is 0. The number of hydrogen-bond acceptors (Lipinski definition) is 15. The summed E-state index contributed by atoms with van der Waals surface area (Å²) in [6, 6.07) is 0. The largest absolute Gasteiger partial charge is 0.472 e. The van der Waals surface area contributed by atoms with E-state index in [9.17, 15) is 43.2 Å². The van der Waals surface area contributed by atoms with Crippen LogP contribution in [0.1, 0.15) is 407 Å². The second kappa shape index (κ2) is 70.1. The minimum atomic E-state index is -4.96. The fourth-order valence-electron chi connectivity index (χ4n) is 11.9. The zero-order chi connectivity index (χ0) is 70.5. The van der Waals surface area contributed by atoms with Gasteiger partial charge < -0.3 is 33.8 Å². The number of carbonyl (C=O) groups excluding carboxylic acids is 4. The average Bonchev–Trinajstić information content (AvgIpc) is 1.46. The van der Waals surface area contributed by atoms with Crippen molar-refractivity contribution in [2.45, 2.75) is 425 Å². The van der Waals surface area contributed by atoms with Crippen molar-refractivity contribution >= 4 is 39.5 Å². The van der Waals surface area contributed by atoms with Crippen molar-refractivity contribution in [1.29, 1.82) is 0 Å². The first-order valence-corrected chi connectivity index (χ1v) is 43.1. The molecule has 96 heavy (non-hydrogen) atoms. The van der Waals surface area contributed by atoms with Crippen LogP contribution < -0.4 is 0 Å². The number of rotatable bonds is 77. The second-order valence-electron chi connectivity index (χ2n) is 28.2. The van der Waals surface area contributed by atoms with E-state index in [1.165, 1.54) is 225 Å². The van der Waals surface area contributed by atoms with Gasteiger partial charge in [-0.1, -0.05) is 356 Å². The molecule has 0 rings (SSSR count). The summed E-state index contributed by atoms with van der Waals surface area (Å²) in [7, 11) is -9.91. The van der Waals surface area contributed by atoms with Gasteiger partial charge >= 0.3 is 39.5 Å². The number of carbonyl (C=O) groups is 4. The zero-order valence-corrected chi connectivity index (χ0v) is 64.3. The molecule has 0 aromatic carbocycles. The van der Waals surface area contributed by atoms with Crippen LogP contribution in [0, 0.1) is 5.92 Å². The summed E-state index contributed by atoms with van der Waals surface area (Å²) in [6.07, 6.45) is 59.7. The summed E-state index contributed by atoms with van der Waals surface area (Å²) < 4.78 is 68.5. The van der Waals surface area contributed by atoms with E-state index in [0.29, 0.717) is 25.7 Å². The van der Waals surface area contributed by atoms with Gasteiger partial charge in [0, 0.05) is 25.7 Å². The van der Waals surface area contributed by atoms with Crippen molar-refractivity contribution in [3.63, 3.8) is 0 Å². The summed E-state index contributed by atoms with van der Waals surface area (Å²) in [6.45, 7) is 7.29. The molecule has 0 aromatic rings. The van der Waals surface area contributed by atoms with Gasteiger partial charge in [0.25, 0.3) is 0 Å². The highest BCUT2D eigenvalue weighted by Crippen LogP contribution is 2.45. The molecule has 0 radical (unpaired) electrons. The molecule has 0 spiro atoms. The third-order valence-electron chi connectivity index (χ3n) is 18.0. The van der Waals surface area contributed by atoms with Crippen LogP contribution in [-0.2, 0) is 65.4 Å². The van der Waals surface area contributed by atoms with E-state index in [-0.39, 0.29) is 25.7 Å². The molecule has 3 N–H and O–H groups in total. The van der Waals surface area contributed by atoms with Crippen LogP contribution in [0.2, 0.25) is 0 Å². The summed E-state index contributed by atoms with van der Waals surface area (Å²) in [5, 5.41) is 10.6. The van der Waals surface area contributed by atoms with Gasteiger partial charge in [-0.15, -0.1) is 0 Å². The topological polar surface area (TPSA) is 237 Å². The van der Waals surface area contributed by atoms with Crippen molar-refractivity contribution in [1.82, 2.24) is 0 Å². The summed E-state index contributed by atoms with van der Waals surface area (Å²) in [4.78, 5) is 72.7. The fourth-order valence-corrected chi connectivity index (χ4v) is 13.5. The van der Waals surface area contributed by atoms with Crippen LogP contribution >= 0.6 is 15.6 Å². The van der Waals surface area contributed by atoms with Crippen molar-refractivity contribution < 1.29 is 80.2 Å². The van der Waals surface area contributed by atoms with E-state index in [4.69, 9.17) is 37.0 Å². The van der Waals surface area contributed by atoms with Gasteiger partial charge in [-0.3, -0.25) is 37.3 Å². The molecule has 0 bridgehead atoms. The number of esters is 4. The lowest BCUT2D eigenvalue weighted by atomic mass is 10.0. The van der Waals surface area contributed by atoms with Crippen molar-refractivity contribution in [3.8, 4) is 0 Å². The maximum Gasteiger partial charge on any atom is 0.472 e. The highest BCUT2D eigenvalue weighted by Gasteiger charge is 2.30. The number of ether oxygens (including phenoxy) is 4. The van der Waals surface area contributed by atoms with Crippen molar-refractivity contribution in [2.75, 3.05) is 39.6 Å². The maximum atomic E-state index is 13.1. The molecule has 0 amide bonds. The van der Waals surface area contributed by atoms with E-state index >= 15 is 0 Å². The lowest BCUT2D eigenvalue weighted by Crippen LogP contribution is -2.30. The van der Waals surface area contributed by atoms with E-state index in [2.05, 4.69) is 34.6 Å². The Labute approximate surface area is 588 Å². The molecule has 0 aromatic heterocycles. The SMILES string of the molecule is CCCCCCCCCCCCCCCCCCCCCCC(=O)O[C@H](COC(=O)CCCCCCCCCCCCCCCC(C)C)COP(=O)(O)OC[C@@H](O)COP(=O)(O)OC[C@@H](COC(=O)CCCCCCCCCC)OC(=O)CCCCCCCCCCCCCC. The molecular weight excluding hydrogens is 1260 g/mol. The quantitative estimate of drug-likeness (QED) is 0.0222. The van der Waals surface area contributed by atoms with Crippen LogP contribution in [0.5, 0.6) is 0 Å². The minimum absolute atomic E-state index is 0.107. The Hall–Kier alpha value is -1.94. The number of phosphoric ester groups is 2. The Balaban J connectivity index is 5.19. The maximum absolute atomic E-state index is 13.1. The summed E-state index contributed by atoms with van der Waals surface area (Å²) in [5.74, 6) is -1.32. The minimum Gasteiger partial charge on any atom is -0.462 e. The van der Waals surface area contributed by atoms with Gasteiger partial charge in [0.2, 0.25) is 0 Å². The van der Waals surface area contributed by atoms with E-state index in [1.54, 1.807) is 0 Å². The molecular formula is C77H150O17P2.